The summed E-state index contributed by atoms with van der Waals surface area (Å²) in [6, 6.07) is 0.814. The minimum atomic E-state index is -2.47. The highest BCUT2D eigenvalue weighted by molar-refractivity contribution is 6.60. The maximum absolute atomic E-state index is 8.12. The normalized spacial score (nSPS) is 17.0. The molecule has 1 N–H and O–H groups in total. The van der Waals surface area contributed by atoms with Crippen LogP contribution >= 0.6 is 0 Å². The average molecular weight is 325 g/mol. The molecule has 1 saturated heterocycles. The summed E-state index contributed by atoms with van der Waals surface area (Å²) in [7, 11) is -2.47. The van der Waals surface area contributed by atoms with Crippen LogP contribution in [0.5, 0.6) is 0 Å². The Kier molecular flexibility index (Phi) is 12.7. The lowest BCUT2D eigenvalue weighted by atomic mass is 10.5. The summed E-state index contributed by atoms with van der Waals surface area (Å²) < 4.78 is 27.9. The molecule has 8 nitrogen and oxygen atoms in total. The molecule has 0 saturated carbocycles. The molecule has 1 heterocycles. The topological polar surface area (TPSA) is 104 Å². The Hall–Kier alpha value is -0.583. The third-order valence-corrected chi connectivity index (χ3v) is 5.72. The van der Waals surface area contributed by atoms with E-state index in [0.29, 0.717) is 39.1 Å². The van der Waals surface area contributed by atoms with E-state index in [1.807, 2.05) is 20.8 Å². The minimum absolute atomic E-state index is 0.250. The van der Waals surface area contributed by atoms with E-state index in [2.05, 4.69) is 0 Å². The Morgan fingerprint density at radius 1 is 1.19 bits per heavy atom. The van der Waals surface area contributed by atoms with Gasteiger partial charge < -0.3 is 22.8 Å². The van der Waals surface area contributed by atoms with Crippen molar-refractivity contribution in [1.82, 2.24) is 0 Å². The fourth-order valence-corrected chi connectivity index (χ4v) is 4.35. The summed E-state index contributed by atoms with van der Waals surface area (Å²) in [6.07, 6.45) is 1.23. The van der Waals surface area contributed by atoms with Gasteiger partial charge in [-0.1, -0.05) is 0 Å². The van der Waals surface area contributed by atoms with Crippen LogP contribution in [-0.2, 0) is 22.8 Å². The van der Waals surface area contributed by atoms with E-state index < -0.39 is 8.80 Å². The maximum Gasteiger partial charge on any atom is 0.501 e. The smallest absolute Gasteiger partial charge is 0.379 e. The predicted octanol–water partition coefficient (Wildman–Crippen LogP) is 0.172. The minimum Gasteiger partial charge on any atom is -0.379 e. The molecule has 1 aliphatic heterocycles. The third-order valence-electron chi connectivity index (χ3n) is 2.57. The number of hydrogen-bond donors (Lipinski definition) is 1. The molecular weight excluding hydrogens is 298 g/mol. The molecular formula is C12H27NO7Si. The van der Waals surface area contributed by atoms with Crippen LogP contribution in [0.25, 0.3) is 0 Å². The monoisotopic (exact) mass is 325 g/mol. The van der Waals surface area contributed by atoms with Crippen LogP contribution in [-0.4, -0.2) is 54.5 Å². The number of rotatable bonds is 12. The summed E-state index contributed by atoms with van der Waals surface area (Å²) in [5.74, 6) is 0. The first-order chi connectivity index (χ1) is 10.2. The average Bonchev–Trinajstić information content (AvgIpc) is 3.24. The molecule has 0 bridgehead atoms. The number of epoxide rings is 1. The molecule has 0 aliphatic carbocycles. The van der Waals surface area contributed by atoms with Gasteiger partial charge in [-0.25, -0.2) is 0 Å². The molecule has 0 radical (unpaired) electrons. The van der Waals surface area contributed by atoms with E-state index in [-0.39, 0.29) is 5.34 Å². The predicted molar refractivity (Wildman–Crippen MR) is 78.3 cm³/mol. The van der Waals surface area contributed by atoms with E-state index in [9.17, 15) is 0 Å². The van der Waals surface area contributed by atoms with E-state index in [1.54, 1.807) is 0 Å². The van der Waals surface area contributed by atoms with Gasteiger partial charge in [0.1, 0.15) is 6.10 Å². The molecule has 0 aromatic heterocycles. The van der Waals surface area contributed by atoms with Crippen molar-refractivity contribution < 1.29 is 28.1 Å². The van der Waals surface area contributed by atoms with Gasteiger partial charge in [0, 0.05) is 37.8 Å². The molecule has 0 aromatic rings. The summed E-state index contributed by atoms with van der Waals surface area (Å²) in [6.45, 7) is 10.1. The highest BCUT2D eigenvalue weighted by Crippen LogP contribution is 2.18. The standard InChI is InChI=1S/C12H26O5Si.HNO2/c1-4-15-18(16-5-2,17-6-3)9-7-8-13-10-12-11-14-12;2-1-3/h12H,4-11H2,1-3H3;1H. The Bertz CT molecular complexity index is 237. The van der Waals surface area contributed by atoms with Crippen molar-refractivity contribution in [3.63, 3.8) is 0 Å². The van der Waals surface area contributed by atoms with Gasteiger partial charge in [0.15, 0.2) is 0 Å². The lowest BCUT2D eigenvalue weighted by Crippen LogP contribution is -2.53. The second kappa shape index (κ2) is 13.1. The molecule has 1 atom stereocenters. The van der Waals surface area contributed by atoms with Gasteiger partial charge in [-0.15, -0.1) is 0 Å². The van der Waals surface area contributed by atoms with Gasteiger partial charge >= 0.3 is 8.80 Å². The van der Waals surface area contributed by atoms with Crippen LogP contribution in [0.2, 0.25) is 6.04 Å². The summed E-state index contributed by atoms with van der Waals surface area (Å²) in [5.41, 5.74) is 0. The van der Waals surface area contributed by atoms with Gasteiger partial charge in [0.05, 0.1) is 13.2 Å². The summed E-state index contributed by atoms with van der Waals surface area (Å²) in [5, 5.41) is 8.38. The number of nitrogens with one attached hydrogen (secondary N) is 1. The first-order valence-corrected chi connectivity index (χ1v) is 9.21. The first kappa shape index (κ1) is 20.4. The lowest BCUT2D eigenvalue weighted by Gasteiger charge is -2.28. The molecule has 1 rings (SSSR count). The quantitative estimate of drug-likeness (QED) is 0.179. The highest BCUT2D eigenvalue weighted by Gasteiger charge is 2.39. The zero-order valence-electron chi connectivity index (χ0n) is 13.1. The number of hydrogen-bond acceptors (Lipinski definition) is 7. The van der Waals surface area contributed by atoms with E-state index in [1.165, 1.54) is 0 Å². The number of ether oxygens (including phenoxy) is 2. The molecule has 0 amide bonds. The molecule has 21 heavy (non-hydrogen) atoms. The molecule has 1 unspecified atom stereocenters. The molecule has 0 spiro atoms. The van der Waals surface area contributed by atoms with Crippen LogP contribution in [0.15, 0.2) is 0 Å². The van der Waals surface area contributed by atoms with Gasteiger partial charge in [-0.2, -0.15) is 0 Å². The van der Waals surface area contributed by atoms with Crippen molar-refractivity contribution in [1.29, 1.82) is 0 Å². The molecule has 126 valence electrons. The van der Waals surface area contributed by atoms with Gasteiger partial charge in [-0.05, 0) is 27.2 Å². The third kappa shape index (κ3) is 10.7. The molecule has 9 heteroatoms. The largest absolute Gasteiger partial charge is 0.501 e. The SMILES string of the molecule is CCO[Si](CCCOCC1CO1)(OCC)OCC.O=[NH+][O-]. The summed E-state index contributed by atoms with van der Waals surface area (Å²) in [4.78, 5) is 8.12. The lowest BCUT2D eigenvalue weighted by molar-refractivity contribution is -0.398. The first-order valence-electron chi connectivity index (χ1n) is 7.28. The fraction of sp³-hybridized carbons (Fsp3) is 1.00. The van der Waals surface area contributed by atoms with Crippen molar-refractivity contribution in [2.24, 2.45) is 0 Å². The van der Waals surface area contributed by atoms with Gasteiger partial charge in [0.25, 0.3) is 0 Å². The molecule has 1 aliphatic rings. The highest BCUT2D eigenvalue weighted by atomic mass is 28.4. The van der Waals surface area contributed by atoms with Crippen molar-refractivity contribution in [2.75, 3.05) is 39.6 Å². The van der Waals surface area contributed by atoms with Gasteiger partial charge in [0.2, 0.25) is 0 Å². The van der Waals surface area contributed by atoms with E-state index in [0.717, 1.165) is 19.1 Å². The van der Waals surface area contributed by atoms with Crippen molar-refractivity contribution >= 4 is 8.80 Å². The Labute approximate surface area is 127 Å². The second-order valence-electron chi connectivity index (χ2n) is 4.20. The van der Waals surface area contributed by atoms with Crippen LogP contribution in [0.3, 0.4) is 0 Å². The van der Waals surface area contributed by atoms with E-state index in [4.69, 9.17) is 32.9 Å². The zero-order chi connectivity index (χ0) is 16.0. The van der Waals surface area contributed by atoms with Gasteiger partial charge in [-0.3, -0.25) is 10.1 Å². The van der Waals surface area contributed by atoms with Crippen LogP contribution in [0.4, 0.5) is 0 Å². The fourth-order valence-electron chi connectivity index (χ4n) is 1.77. The maximum atomic E-state index is 8.12. The van der Waals surface area contributed by atoms with Crippen LogP contribution in [0, 0.1) is 10.1 Å². The van der Waals surface area contributed by atoms with Crippen molar-refractivity contribution in [2.45, 2.75) is 39.3 Å². The summed E-state index contributed by atoms with van der Waals surface area (Å²) >= 11 is 0. The zero-order valence-corrected chi connectivity index (χ0v) is 14.1. The van der Waals surface area contributed by atoms with Crippen molar-refractivity contribution in [3.8, 4) is 0 Å². The van der Waals surface area contributed by atoms with E-state index >= 15 is 0 Å². The molecule has 0 aromatic carbocycles. The van der Waals surface area contributed by atoms with Crippen LogP contribution in [0.1, 0.15) is 27.2 Å². The second-order valence-corrected chi connectivity index (χ2v) is 6.93. The Morgan fingerprint density at radius 2 is 1.67 bits per heavy atom. The van der Waals surface area contributed by atoms with Crippen molar-refractivity contribution in [3.05, 3.63) is 10.1 Å². The van der Waals surface area contributed by atoms with Crippen LogP contribution < -0.4 is 5.34 Å². The Morgan fingerprint density at radius 3 is 2.05 bits per heavy atom. The molecule has 1 fully saturated rings. The Balaban J connectivity index is 0.00000122.